The highest BCUT2D eigenvalue weighted by molar-refractivity contribution is 8.13. The first kappa shape index (κ1) is 16.5. The average molecular weight is 329 g/mol. The van der Waals surface area contributed by atoms with Crippen LogP contribution >= 0.6 is 22.3 Å². The van der Waals surface area contributed by atoms with E-state index < -0.39 is 9.05 Å². The molecule has 0 unspecified atom stereocenters. The van der Waals surface area contributed by atoms with E-state index in [1.54, 1.807) is 7.11 Å². The van der Waals surface area contributed by atoms with Crippen LogP contribution in [0.25, 0.3) is 0 Å². The van der Waals surface area contributed by atoms with Gasteiger partial charge in [0.2, 0.25) is 0 Å². The van der Waals surface area contributed by atoms with E-state index in [-0.39, 0.29) is 22.3 Å². The fourth-order valence-corrected chi connectivity index (χ4v) is 2.48. The molecule has 0 aliphatic carbocycles. The van der Waals surface area contributed by atoms with E-state index in [1.165, 1.54) is 18.2 Å². The molecule has 0 spiro atoms. The van der Waals surface area contributed by atoms with Gasteiger partial charge >= 0.3 is 0 Å². The van der Waals surface area contributed by atoms with E-state index >= 15 is 0 Å². The molecule has 19 heavy (non-hydrogen) atoms. The van der Waals surface area contributed by atoms with Crippen LogP contribution in [0, 0.1) is 0 Å². The van der Waals surface area contributed by atoms with Crippen molar-refractivity contribution in [2.75, 3.05) is 33.5 Å². The molecule has 0 N–H and O–H groups in total. The van der Waals surface area contributed by atoms with Gasteiger partial charge in [0, 0.05) is 22.8 Å². The standard InChI is InChI=1S/C11H14Cl2O5S/c1-16-4-5-17-6-7-18-10-3-2-9(12)8-11(10)19(13,14)15/h2-3,8H,4-7H2,1H3. The van der Waals surface area contributed by atoms with Crippen LogP contribution in [0.2, 0.25) is 5.02 Å². The van der Waals surface area contributed by atoms with E-state index in [2.05, 4.69) is 0 Å². The lowest BCUT2D eigenvalue weighted by molar-refractivity contribution is 0.0539. The summed E-state index contributed by atoms with van der Waals surface area (Å²) in [7, 11) is 2.97. The molecule has 0 bridgehead atoms. The van der Waals surface area contributed by atoms with Crippen molar-refractivity contribution in [1.29, 1.82) is 0 Å². The Morgan fingerprint density at radius 2 is 1.84 bits per heavy atom. The summed E-state index contributed by atoms with van der Waals surface area (Å²) in [5.41, 5.74) is 0. The lowest BCUT2D eigenvalue weighted by Gasteiger charge is -2.10. The van der Waals surface area contributed by atoms with Crippen LogP contribution < -0.4 is 4.74 Å². The Morgan fingerprint density at radius 3 is 2.47 bits per heavy atom. The number of rotatable bonds is 8. The van der Waals surface area contributed by atoms with Crippen molar-refractivity contribution in [3.63, 3.8) is 0 Å². The first-order chi connectivity index (χ1) is 8.95. The molecule has 0 saturated carbocycles. The molecule has 1 rings (SSSR count). The zero-order valence-electron chi connectivity index (χ0n) is 10.3. The largest absolute Gasteiger partial charge is 0.490 e. The molecule has 0 aromatic heterocycles. The summed E-state index contributed by atoms with van der Waals surface area (Å²) >= 11 is 5.72. The fourth-order valence-electron chi connectivity index (χ4n) is 1.25. The van der Waals surface area contributed by atoms with Gasteiger partial charge in [0.25, 0.3) is 9.05 Å². The summed E-state index contributed by atoms with van der Waals surface area (Å²) < 4.78 is 38.0. The van der Waals surface area contributed by atoms with Crippen LogP contribution in [0.1, 0.15) is 0 Å². The van der Waals surface area contributed by atoms with Crippen molar-refractivity contribution in [2.24, 2.45) is 0 Å². The Morgan fingerprint density at radius 1 is 1.16 bits per heavy atom. The van der Waals surface area contributed by atoms with Gasteiger partial charge in [-0.25, -0.2) is 8.42 Å². The van der Waals surface area contributed by atoms with E-state index in [0.29, 0.717) is 19.8 Å². The van der Waals surface area contributed by atoms with Crippen molar-refractivity contribution in [3.05, 3.63) is 23.2 Å². The minimum atomic E-state index is -3.91. The number of hydrogen-bond donors (Lipinski definition) is 0. The molecule has 0 radical (unpaired) electrons. The molecule has 0 fully saturated rings. The van der Waals surface area contributed by atoms with Gasteiger partial charge in [0.05, 0.1) is 19.8 Å². The molecule has 5 nitrogen and oxygen atoms in total. The normalized spacial score (nSPS) is 11.5. The van der Waals surface area contributed by atoms with Crippen LogP contribution in [0.5, 0.6) is 5.75 Å². The summed E-state index contributed by atoms with van der Waals surface area (Å²) in [6.45, 7) is 1.45. The Bertz CT molecular complexity index is 504. The Balaban J connectivity index is 2.59. The highest BCUT2D eigenvalue weighted by atomic mass is 35.7. The second-order valence-corrected chi connectivity index (χ2v) is 6.45. The highest BCUT2D eigenvalue weighted by Crippen LogP contribution is 2.29. The molecule has 0 aliphatic heterocycles. The molecular formula is C11H14Cl2O5S. The van der Waals surface area contributed by atoms with Gasteiger partial charge in [0.1, 0.15) is 17.3 Å². The molecule has 0 aliphatic rings. The van der Waals surface area contributed by atoms with E-state index in [1.807, 2.05) is 0 Å². The summed E-state index contributed by atoms with van der Waals surface area (Å²) in [6.07, 6.45) is 0. The summed E-state index contributed by atoms with van der Waals surface area (Å²) in [6, 6.07) is 4.21. The van der Waals surface area contributed by atoms with Crippen molar-refractivity contribution in [1.82, 2.24) is 0 Å². The van der Waals surface area contributed by atoms with Crippen molar-refractivity contribution < 1.29 is 22.6 Å². The van der Waals surface area contributed by atoms with E-state index in [9.17, 15) is 8.42 Å². The number of hydrogen-bond acceptors (Lipinski definition) is 5. The third-order valence-electron chi connectivity index (χ3n) is 2.09. The quantitative estimate of drug-likeness (QED) is 0.541. The minimum absolute atomic E-state index is 0.148. The van der Waals surface area contributed by atoms with Crippen LogP contribution in [0.3, 0.4) is 0 Å². The highest BCUT2D eigenvalue weighted by Gasteiger charge is 2.17. The molecule has 8 heteroatoms. The second kappa shape index (κ2) is 7.91. The van der Waals surface area contributed by atoms with Crippen molar-refractivity contribution in [2.45, 2.75) is 4.90 Å². The maximum atomic E-state index is 11.4. The molecule has 1 aromatic rings. The molecule has 108 valence electrons. The summed E-state index contributed by atoms with van der Waals surface area (Å²) in [5.74, 6) is 0.148. The van der Waals surface area contributed by atoms with E-state index in [4.69, 9.17) is 36.5 Å². The number of benzene rings is 1. The second-order valence-electron chi connectivity index (χ2n) is 3.48. The smallest absolute Gasteiger partial charge is 0.265 e. The SMILES string of the molecule is COCCOCCOc1ccc(Cl)cc1S(=O)(=O)Cl. The predicted molar refractivity (Wildman–Crippen MR) is 72.7 cm³/mol. The topological polar surface area (TPSA) is 61.8 Å². The van der Waals surface area contributed by atoms with Crippen molar-refractivity contribution >= 4 is 31.3 Å². The van der Waals surface area contributed by atoms with Crippen LogP contribution in [-0.2, 0) is 18.5 Å². The molecular weight excluding hydrogens is 315 g/mol. The Kier molecular flexibility index (Phi) is 6.88. The molecule has 0 atom stereocenters. The molecule has 0 heterocycles. The lowest BCUT2D eigenvalue weighted by Crippen LogP contribution is -2.11. The van der Waals surface area contributed by atoms with Crippen molar-refractivity contribution in [3.8, 4) is 5.75 Å². The third-order valence-corrected chi connectivity index (χ3v) is 3.66. The van der Waals surface area contributed by atoms with Crippen LogP contribution in [0.15, 0.2) is 23.1 Å². The van der Waals surface area contributed by atoms with Crippen LogP contribution in [-0.4, -0.2) is 42.0 Å². The van der Waals surface area contributed by atoms with Crippen LogP contribution in [0.4, 0.5) is 0 Å². The average Bonchev–Trinajstić information content (AvgIpc) is 2.34. The number of methoxy groups -OCH3 is 1. The van der Waals surface area contributed by atoms with Gasteiger partial charge in [-0.1, -0.05) is 11.6 Å². The fraction of sp³-hybridized carbons (Fsp3) is 0.455. The van der Waals surface area contributed by atoms with Gasteiger partial charge in [-0.05, 0) is 18.2 Å². The van der Waals surface area contributed by atoms with Gasteiger partial charge < -0.3 is 14.2 Å². The van der Waals surface area contributed by atoms with Gasteiger partial charge in [-0.3, -0.25) is 0 Å². The van der Waals surface area contributed by atoms with E-state index in [0.717, 1.165) is 0 Å². The first-order valence-corrected chi connectivity index (χ1v) is 8.07. The zero-order chi connectivity index (χ0) is 14.3. The summed E-state index contributed by atoms with van der Waals surface area (Å²) in [5, 5.41) is 0.267. The molecule has 1 aromatic carbocycles. The maximum absolute atomic E-state index is 11.4. The zero-order valence-corrected chi connectivity index (χ0v) is 12.6. The summed E-state index contributed by atoms with van der Waals surface area (Å²) in [4.78, 5) is -0.154. The Hall–Kier alpha value is -0.530. The number of ether oxygens (including phenoxy) is 3. The number of halogens is 2. The van der Waals surface area contributed by atoms with Gasteiger partial charge in [-0.2, -0.15) is 0 Å². The maximum Gasteiger partial charge on any atom is 0.265 e. The first-order valence-electron chi connectivity index (χ1n) is 5.39. The Labute approximate surface area is 121 Å². The molecule has 0 amide bonds. The van der Waals surface area contributed by atoms with Gasteiger partial charge in [-0.15, -0.1) is 0 Å². The predicted octanol–water partition coefficient (Wildman–Crippen LogP) is 2.31. The monoisotopic (exact) mass is 328 g/mol. The molecule has 0 saturated heterocycles. The lowest BCUT2D eigenvalue weighted by atomic mass is 10.3. The third kappa shape index (κ3) is 5.97. The van der Waals surface area contributed by atoms with Gasteiger partial charge in [0.15, 0.2) is 0 Å². The minimum Gasteiger partial charge on any atom is -0.490 e.